The van der Waals surface area contributed by atoms with Crippen LogP contribution >= 0.6 is 0 Å². The topological polar surface area (TPSA) is 48.5 Å². The molecule has 0 unspecified atom stereocenters. The molecule has 0 spiro atoms. The summed E-state index contributed by atoms with van der Waals surface area (Å²) in [5.41, 5.74) is 1.46. The monoisotopic (exact) mass is 253 g/mol. The fourth-order valence-corrected chi connectivity index (χ4v) is 1.63. The number of aromatic nitrogens is 5. The number of halogens is 3. The third-order valence-corrected chi connectivity index (χ3v) is 2.41. The minimum Gasteiger partial charge on any atom is -0.253 e. The summed E-state index contributed by atoms with van der Waals surface area (Å²) < 4.78 is 38.5. The van der Waals surface area contributed by atoms with E-state index in [4.69, 9.17) is 0 Å². The molecule has 3 rings (SSSR count). The molecule has 0 aromatic carbocycles. The number of hydrogen-bond donors (Lipinski definition) is 0. The van der Waals surface area contributed by atoms with Crippen LogP contribution in [0.4, 0.5) is 13.2 Å². The van der Waals surface area contributed by atoms with Crippen LogP contribution in [-0.4, -0.2) is 24.5 Å². The maximum Gasteiger partial charge on any atom is 0.504 e. The van der Waals surface area contributed by atoms with Gasteiger partial charge < -0.3 is 0 Å². The molecule has 0 atom stereocenters. The number of nitrogens with zero attached hydrogens (tertiary/aromatic N) is 5. The van der Waals surface area contributed by atoms with Crippen LogP contribution in [0.5, 0.6) is 0 Å². The van der Waals surface area contributed by atoms with Crippen molar-refractivity contribution >= 4 is 11.0 Å². The molecule has 0 saturated heterocycles. The summed E-state index contributed by atoms with van der Waals surface area (Å²) in [7, 11) is 0. The van der Waals surface area contributed by atoms with Crippen molar-refractivity contribution in [1.29, 1.82) is 0 Å². The molecule has 0 fully saturated rings. The van der Waals surface area contributed by atoms with Crippen LogP contribution in [0.25, 0.3) is 16.7 Å². The van der Waals surface area contributed by atoms with Gasteiger partial charge in [0.05, 0.1) is 24.1 Å². The number of alkyl halides is 3. The van der Waals surface area contributed by atoms with Crippen molar-refractivity contribution in [3.8, 4) is 5.69 Å². The fourth-order valence-electron chi connectivity index (χ4n) is 1.63. The van der Waals surface area contributed by atoms with Crippen LogP contribution in [0, 0.1) is 0 Å². The van der Waals surface area contributed by atoms with Crippen LogP contribution in [0.2, 0.25) is 0 Å². The SMILES string of the molecule is FC(F)(F)n1cc(-n2ncc3ncccc32)cn1. The zero-order valence-corrected chi connectivity index (χ0v) is 8.83. The highest BCUT2D eigenvalue weighted by atomic mass is 19.4. The van der Waals surface area contributed by atoms with Gasteiger partial charge in [-0.2, -0.15) is 14.9 Å². The van der Waals surface area contributed by atoms with E-state index in [2.05, 4.69) is 15.2 Å². The molecule has 92 valence electrons. The van der Waals surface area contributed by atoms with Crippen LogP contribution in [-0.2, 0) is 6.30 Å². The van der Waals surface area contributed by atoms with Gasteiger partial charge in [0.15, 0.2) is 0 Å². The molecule has 3 heterocycles. The molecule has 18 heavy (non-hydrogen) atoms. The van der Waals surface area contributed by atoms with E-state index in [1.807, 2.05) is 0 Å². The first kappa shape index (κ1) is 10.8. The van der Waals surface area contributed by atoms with E-state index < -0.39 is 6.30 Å². The molecule has 0 bridgehead atoms. The fraction of sp³-hybridized carbons (Fsp3) is 0.100. The van der Waals surface area contributed by atoms with E-state index in [0.717, 1.165) is 12.4 Å². The molecule has 3 aromatic rings. The summed E-state index contributed by atoms with van der Waals surface area (Å²) >= 11 is 0. The second-order valence-electron chi connectivity index (χ2n) is 3.58. The standard InChI is InChI=1S/C10H6F3N5/c11-10(12,13)17-6-7(4-15-17)18-9-2-1-3-14-8(9)5-16-18/h1-6H. The molecule has 8 heteroatoms. The van der Waals surface area contributed by atoms with Crippen LogP contribution in [0.1, 0.15) is 0 Å². The van der Waals surface area contributed by atoms with E-state index in [9.17, 15) is 13.2 Å². The number of hydrogen-bond acceptors (Lipinski definition) is 3. The first-order chi connectivity index (χ1) is 8.55. The van der Waals surface area contributed by atoms with Gasteiger partial charge in [0.25, 0.3) is 0 Å². The van der Waals surface area contributed by atoms with Gasteiger partial charge in [-0.3, -0.25) is 4.98 Å². The van der Waals surface area contributed by atoms with Crippen molar-refractivity contribution in [2.75, 3.05) is 0 Å². The Kier molecular flexibility index (Phi) is 2.12. The molecular weight excluding hydrogens is 247 g/mol. The Bertz CT molecular complexity index is 697. The molecule has 0 N–H and O–H groups in total. The predicted molar refractivity (Wildman–Crippen MR) is 55.9 cm³/mol. The second kappa shape index (κ2) is 3.56. The third-order valence-electron chi connectivity index (χ3n) is 2.41. The Hall–Kier alpha value is -2.38. The lowest BCUT2D eigenvalue weighted by Gasteiger charge is -2.04. The van der Waals surface area contributed by atoms with E-state index in [-0.39, 0.29) is 10.4 Å². The normalized spacial score (nSPS) is 12.2. The average Bonchev–Trinajstić information content (AvgIpc) is 2.94. The van der Waals surface area contributed by atoms with Crippen molar-refractivity contribution in [2.24, 2.45) is 0 Å². The summed E-state index contributed by atoms with van der Waals surface area (Å²) in [6.45, 7) is 0. The van der Waals surface area contributed by atoms with E-state index in [1.165, 1.54) is 10.9 Å². The lowest BCUT2D eigenvalue weighted by Crippen LogP contribution is -2.16. The predicted octanol–water partition coefficient (Wildman–Crippen LogP) is 2.09. The lowest BCUT2D eigenvalue weighted by molar-refractivity contribution is -0.212. The maximum atomic E-state index is 12.4. The highest BCUT2D eigenvalue weighted by Gasteiger charge is 2.31. The summed E-state index contributed by atoms with van der Waals surface area (Å²) in [4.78, 5) is 4.05. The lowest BCUT2D eigenvalue weighted by atomic mass is 10.4. The zero-order chi connectivity index (χ0) is 12.8. The minimum absolute atomic E-state index is 0.0633. The average molecular weight is 253 g/mol. The second-order valence-corrected chi connectivity index (χ2v) is 3.58. The molecule has 0 aliphatic carbocycles. The van der Waals surface area contributed by atoms with Gasteiger partial charge >= 0.3 is 6.30 Å². The van der Waals surface area contributed by atoms with Gasteiger partial charge in [-0.1, -0.05) is 0 Å². The third kappa shape index (κ3) is 1.62. The Morgan fingerprint density at radius 1 is 1.11 bits per heavy atom. The minimum atomic E-state index is -4.53. The molecule has 3 aromatic heterocycles. The van der Waals surface area contributed by atoms with Gasteiger partial charge in [-0.15, -0.1) is 13.2 Å². The largest absolute Gasteiger partial charge is 0.504 e. The summed E-state index contributed by atoms with van der Waals surface area (Å²) in [6.07, 6.45) is 0.527. The van der Waals surface area contributed by atoms with Gasteiger partial charge in [0.1, 0.15) is 11.2 Å². The van der Waals surface area contributed by atoms with Crippen LogP contribution < -0.4 is 0 Å². The van der Waals surface area contributed by atoms with Gasteiger partial charge in [0, 0.05) is 6.20 Å². The van der Waals surface area contributed by atoms with Crippen molar-refractivity contribution < 1.29 is 13.2 Å². The van der Waals surface area contributed by atoms with Crippen molar-refractivity contribution in [3.05, 3.63) is 36.9 Å². The summed E-state index contributed by atoms with van der Waals surface area (Å²) in [6, 6.07) is 3.41. The quantitative estimate of drug-likeness (QED) is 0.667. The number of fused-ring (bicyclic) bond motifs is 1. The van der Waals surface area contributed by atoms with Crippen LogP contribution in [0.15, 0.2) is 36.9 Å². The highest BCUT2D eigenvalue weighted by Crippen LogP contribution is 2.23. The van der Waals surface area contributed by atoms with E-state index in [0.29, 0.717) is 11.0 Å². The Morgan fingerprint density at radius 3 is 2.67 bits per heavy atom. The summed E-state index contributed by atoms with van der Waals surface area (Å²) in [5, 5.41) is 7.26. The molecule has 0 radical (unpaired) electrons. The molecule has 0 amide bonds. The number of rotatable bonds is 1. The zero-order valence-electron chi connectivity index (χ0n) is 8.83. The molecule has 0 aliphatic heterocycles. The Labute approximate surface area is 98.5 Å². The number of pyridine rings is 1. The van der Waals surface area contributed by atoms with Crippen molar-refractivity contribution in [1.82, 2.24) is 24.5 Å². The Balaban J connectivity index is 2.13. The molecule has 0 saturated carbocycles. The molecular formula is C10H6F3N5. The summed E-state index contributed by atoms with van der Waals surface area (Å²) in [5.74, 6) is 0. The van der Waals surface area contributed by atoms with Gasteiger partial charge in [-0.05, 0) is 12.1 Å². The first-order valence-corrected chi connectivity index (χ1v) is 4.97. The highest BCUT2D eigenvalue weighted by molar-refractivity contribution is 5.75. The van der Waals surface area contributed by atoms with E-state index >= 15 is 0 Å². The van der Waals surface area contributed by atoms with Gasteiger partial charge in [0.2, 0.25) is 0 Å². The smallest absolute Gasteiger partial charge is 0.253 e. The first-order valence-electron chi connectivity index (χ1n) is 4.97. The van der Waals surface area contributed by atoms with Crippen molar-refractivity contribution in [3.63, 3.8) is 0 Å². The maximum absolute atomic E-state index is 12.4. The van der Waals surface area contributed by atoms with Crippen molar-refractivity contribution in [2.45, 2.75) is 6.30 Å². The Morgan fingerprint density at radius 2 is 1.94 bits per heavy atom. The molecule has 5 nitrogen and oxygen atoms in total. The van der Waals surface area contributed by atoms with Gasteiger partial charge in [-0.25, -0.2) is 4.68 Å². The van der Waals surface area contributed by atoms with E-state index in [1.54, 1.807) is 18.3 Å². The molecule has 0 aliphatic rings. The van der Waals surface area contributed by atoms with Crippen LogP contribution in [0.3, 0.4) is 0 Å².